The molecule has 1 atom stereocenters. The molecule has 1 aromatic carbocycles. The Morgan fingerprint density at radius 3 is 3.00 bits per heavy atom. The van der Waals surface area contributed by atoms with Crippen molar-refractivity contribution in [2.45, 2.75) is 33.6 Å². The maximum atomic E-state index is 3.44. The Labute approximate surface area is 111 Å². The third-order valence-electron chi connectivity index (χ3n) is 3.72. The molecule has 18 heavy (non-hydrogen) atoms. The quantitative estimate of drug-likeness (QED) is 0.859. The highest BCUT2D eigenvalue weighted by atomic mass is 15.1. The molecule has 1 aliphatic heterocycles. The first-order valence-electron chi connectivity index (χ1n) is 7.26. The van der Waals surface area contributed by atoms with Gasteiger partial charge in [-0.1, -0.05) is 31.5 Å². The normalized spacial score (nSPS) is 16.5. The summed E-state index contributed by atoms with van der Waals surface area (Å²) in [5.74, 6) is 0.706. The Kier molecular flexibility index (Phi) is 4.65. The van der Waals surface area contributed by atoms with E-state index in [9.17, 15) is 0 Å². The Morgan fingerprint density at radius 1 is 1.39 bits per heavy atom. The minimum Gasteiger partial charge on any atom is -0.371 e. The van der Waals surface area contributed by atoms with Crippen LogP contribution in [0.2, 0.25) is 0 Å². The van der Waals surface area contributed by atoms with Crippen molar-refractivity contribution in [1.29, 1.82) is 0 Å². The van der Waals surface area contributed by atoms with E-state index in [0.717, 1.165) is 13.1 Å². The van der Waals surface area contributed by atoms with Gasteiger partial charge in [0.2, 0.25) is 0 Å². The molecule has 0 spiro atoms. The zero-order valence-electron chi connectivity index (χ0n) is 12.0. The van der Waals surface area contributed by atoms with Crippen molar-refractivity contribution in [2.75, 3.05) is 31.1 Å². The van der Waals surface area contributed by atoms with Gasteiger partial charge in [0.1, 0.15) is 0 Å². The van der Waals surface area contributed by atoms with Gasteiger partial charge in [-0.15, -0.1) is 0 Å². The van der Waals surface area contributed by atoms with Gasteiger partial charge in [-0.25, -0.2) is 0 Å². The molecular weight excluding hydrogens is 220 g/mol. The Bertz CT molecular complexity index is 387. The van der Waals surface area contributed by atoms with Crippen LogP contribution in [-0.2, 0) is 6.42 Å². The van der Waals surface area contributed by atoms with Gasteiger partial charge in [0.05, 0.1) is 0 Å². The molecule has 0 amide bonds. The molecule has 1 unspecified atom stereocenters. The van der Waals surface area contributed by atoms with Crippen molar-refractivity contribution in [3.63, 3.8) is 0 Å². The summed E-state index contributed by atoms with van der Waals surface area (Å²) in [6.45, 7) is 11.3. The van der Waals surface area contributed by atoms with Crippen molar-refractivity contribution in [1.82, 2.24) is 5.32 Å². The van der Waals surface area contributed by atoms with Crippen LogP contribution < -0.4 is 10.2 Å². The molecule has 1 aliphatic rings. The van der Waals surface area contributed by atoms with Crippen molar-refractivity contribution in [3.8, 4) is 0 Å². The summed E-state index contributed by atoms with van der Waals surface area (Å²) < 4.78 is 0. The summed E-state index contributed by atoms with van der Waals surface area (Å²) in [6, 6.07) is 6.91. The fourth-order valence-corrected chi connectivity index (χ4v) is 2.82. The summed E-state index contributed by atoms with van der Waals surface area (Å²) in [7, 11) is 0. The van der Waals surface area contributed by atoms with Crippen molar-refractivity contribution >= 4 is 5.69 Å². The topological polar surface area (TPSA) is 15.3 Å². The van der Waals surface area contributed by atoms with E-state index in [0.29, 0.717) is 5.92 Å². The first-order chi connectivity index (χ1) is 8.70. The number of nitrogens with one attached hydrogen (secondary N) is 1. The van der Waals surface area contributed by atoms with E-state index in [-0.39, 0.29) is 0 Å². The number of hydrogen-bond donors (Lipinski definition) is 1. The number of hydrogen-bond acceptors (Lipinski definition) is 2. The molecule has 0 saturated heterocycles. The molecule has 2 rings (SSSR count). The van der Waals surface area contributed by atoms with Crippen molar-refractivity contribution < 1.29 is 0 Å². The van der Waals surface area contributed by atoms with Crippen molar-refractivity contribution in [2.24, 2.45) is 5.92 Å². The number of aryl methyl sites for hydroxylation is 2. The molecule has 0 saturated carbocycles. The fourth-order valence-electron chi connectivity index (χ4n) is 2.82. The highest BCUT2D eigenvalue weighted by Crippen LogP contribution is 2.28. The molecule has 1 aromatic rings. The van der Waals surface area contributed by atoms with Crippen LogP contribution in [-0.4, -0.2) is 26.2 Å². The van der Waals surface area contributed by atoms with E-state index in [4.69, 9.17) is 0 Å². The van der Waals surface area contributed by atoms with Gasteiger partial charge in [-0.2, -0.15) is 0 Å². The SMILES string of the molecule is CCNCC(C)CN1CCCc2cc(C)ccc21. The third-order valence-corrected chi connectivity index (χ3v) is 3.72. The zero-order chi connectivity index (χ0) is 13.0. The molecule has 0 aliphatic carbocycles. The Balaban J connectivity index is 2.03. The maximum absolute atomic E-state index is 3.44. The van der Waals surface area contributed by atoms with E-state index >= 15 is 0 Å². The molecular formula is C16H26N2. The highest BCUT2D eigenvalue weighted by Gasteiger charge is 2.18. The summed E-state index contributed by atoms with van der Waals surface area (Å²) in [5, 5.41) is 3.44. The number of anilines is 1. The second-order valence-electron chi connectivity index (χ2n) is 5.59. The lowest BCUT2D eigenvalue weighted by atomic mass is 9.98. The van der Waals surface area contributed by atoms with Gasteiger partial charge >= 0.3 is 0 Å². The first kappa shape index (κ1) is 13.4. The number of rotatable bonds is 5. The fraction of sp³-hybridized carbons (Fsp3) is 0.625. The van der Waals surface area contributed by atoms with Crippen LogP contribution >= 0.6 is 0 Å². The van der Waals surface area contributed by atoms with Crippen LogP contribution in [0, 0.1) is 12.8 Å². The molecule has 100 valence electrons. The minimum atomic E-state index is 0.706. The van der Waals surface area contributed by atoms with E-state index in [1.54, 1.807) is 0 Å². The van der Waals surface area contributed by atoms with Gasteiger partial charge < -0.3 is 10.2 Å². The standard InChI is InChI=1S/C16H26N2/c1-4-17-11-14(3)12-18-9-5-6-15-10-13(2)7-8-16(15)18/h7-8,10,14,17H,4-6,9,11-12H2,1-3H3. The van der Waals surface area contributed by atoms with Crippen LogP contribution in [0.25, 0.3) is 0 Å². The average molecular weight is 246 g/mol. The number of fused-ring (bicyclic) bond motifs is 1. The monoisotopic (exact) mass is 246 g/mol. The van der Waals surface area contributed by atoms with Gasteiger partial charge in [-0.05, 0) is 50.4 Å². The molecule has 0 bridgehead atoms. The summed E-state index contributed by atoms with van der Waals surface area (Å²) >= 11 is 0. The smallest absolute Gasteiger partial charge is 0.0399 e. The van der Waals surface area contributed by atoms with Gasteiger partial charge in [-0.3, -0.25) is 0 Å². The zero-order valence-corrected chi connectivity index (χ0v) is 12.0. The number of benzene rings is 1. The van der Waals surface area contributed by atoms with Crippen LogP contribution in [0.5, 0.6) is 0 Å². The van der Waals surface area contributed by atoms with Crippen LogP contribution in [0.3, 0.4) is 0 Å². The lowest BCUT2D eigenvalue weighted by Crippen LogP contribution is -2.36. The average Bonchev–Trinajstić information content (AvgIpc) is 2.36. The second kappa shape index (κ2) is 6.24. The Morgan fingerprint density at radius 2 is 2.22 bits per heavy atom. The highest BCUT2D eigenvalue weighted by molar-refractivity contribution is 5.56. The minimum absolute atomic E-state index is 0.706. The largest absolute Gasteiger partial charge is 0.371 e. The number of nitrogens with zero attached hydrogens (tertiary/aromatic N) is 1. The molecule has 2 nitrogen and oxygen atoms in total. The van der Waals surface area contributed by atoms with Crippen molar-refractivity contribution in [3.05, 3.63) is 29.3 Å². The molecule has 0 aromatic heterocycles. The summed E-state index contributed by atoms with van der Waals surface area (Å²) in [4.78, 5) is 2.57. The molecule has 0 fully saturated rings. The molecule has 1 heterocycles. The third kappa shape index (κ3) is 3.26. The van der Waals surface area contributed by atoms with Crippen LogP contribution in [0.1, 0.15) is 31.4 Å². The van der Waals surface area contributed by atoms with Crippen LogP contribution in [0.4, 0.5) is 5.69 Å². The van der Waals surface area contributed by atoms with E-state index in [1.165, 1.54) is 42.7 Å². The van der Waals surface area contributed by atoms with Crippen LogP contribution in [0.15, 0.2) is 18.2 Å². The molecule has 1 N–H and O–H groups in total. The van der Waals surface area contributed by atoms with Gasteiger partial charge in [0.15, 0.2) is 0 Å². The van der Waals surface area contributed by atoms with E-state index in [2.05, 4.69) is 49.2 Å². The summed E-state index contributed by atoms with van der Waals surface area (Å²) in [6.07, 6.45) is 2.54. The first-order valence-corrected chi connectivity index (χ1v) is 7.26. The summed E-state index contributed by atoms with van der Waals surface area (Å²) in [5.41, 5.74) is 4.39. The van der Waals surface area contributed by atoms with E-state index < -0.39 is 0 Å². The second-order valence-corrected chi connectivity index (χ2v) is 5.59. The Hall–Kier alpha value is -1.02. The maximum Gasteiger partial charge on any atom is 0.0399 e. The lowest BCUT2D eigenvalue weighted by Gasteiger charge is -2.33. The van der Waals surface area contributed by atoms with Gasteiger partial charge in [0.25, 0.3) is 0 Å². The predicted octanol–water partition coefficient (Wildman–Crippen LogP) is 2.99. The molecule has 0 radical (unpaired) electrons. The molecule has 2 heteroatoms. The predicted molar refractivity (Wildman–Crippen MR) is 79.4 cm³/mol. The van der Waals surface area contributed by atoms with E-state index in [1.807, 2.05) is 0 Å². The van der Waals surface area contributed by atoms with Gasteiger partial charge in [0, 0.05) is 18.8 Å². The lowest BCUT2D eigenvalue weighted by molar-refractivity contribution is 0.503.